The lowest BCUT2D eigenvalue weighted by molar-refractivity contribution is 0.581. The van der Waals surface area contributed by atoms with Crippen molar-refractivity contribution in [3.05, 3.63) is 101 Å². The van der Waals surface area contributed by atoms with Crippen molar-refractivity contribution in [1.29, 1.82) is 0 Å². The van der Waals surface area contributed by atoms with E-state index in [2.05, 4.69) is 4.72 Å². The average Bonchev–Trinajstić information content (AvgIpc) is 2.69. The Bertz CT molecular complexity index is 1060. The van der Waals surface area contributed by atoms with E-state index in [1.165, 1.54) is 12.1 Å². The van der Waals surface area contributed by atoms with Crippen LogP contribution in [0.1, 0.15) is 22.3 Å². The molecule has 0 aromatic heterocycles. The normalized spacial score (nSPS) is 11.8. The molecule has 1 N–H and O–H groups in total. The van der Waals surface area contributed by atoms with Gasteiger partial charge in [0.15, 0.2) is 0 Å². The van der Waals surface area contributed by atoms with Crippen molar-refractivity contribution in [2.75, 3.05) is 6.54 Å². The van der Waals surface area contributed by atoms with E-state index in [9.17, 15) is 12.8 Å². The van der Waals surface area contributed by atoms with E-state index in [1.54, 1.807) is 36.4 Å². The molecule has 3 aromatic carbocycles. The molecule has 0 unspecified atom stereocenters. The summed E-state index contributed by atoms with van der Waals surface area (Å²) in [6, 6.07) is 20.9. The van der Waals surface area contributed by atoms with Crippen molar-refractivity contribution in [3.8, 4) is 0 Å². The van der Waals surface area contributed by atoms with Crippen LogP contribution in [0.25, 0.3) is 12.2 Å². The summed E-state index contributed by atoms with van der Waals surface area (Å²) in [7, 11) is -3.52. The number of hydrogen-bond donors (Lipinski definition) is 1. The van der Waals surface area contributed by atoms with Gasteiger partial charge in [-0.15, -0.1) is 0 Å². The molecular weight excluding hydrogens is 373 g/mol. The van der Waals surface area contributed by atoms with Crippen LogP contribution in [-0.4, -0.2) is 15.0 Å². The first-order chi connectivity index (χ1) is 13.4. The van der Waals surface area contributed by atoms with Crippen molar-refractivity contribution in [1.82, 2.24) is 4.72 Å². The summed E-state index contributed by atoms with van der Waals surface area (Å²) >= 11 is 0. The van der Waals surface area contributed by atoms with Gasteiger partial charge in [0.1, 0.15) is 5.82 Å². The van der Waals surface area contributed by atoms with Crippen LogP contribution in [0, 0.1) is 12.7 Å². The molecule has 0 spiro atoms. The maximum absolute atomic E-state index is 13.0. The van der Waals surface area contributed by atoms with E-state index in [-0.39, 0.29) is 10.7 Å². The van der Waals surface area contributed by atoms with Gasteiger partial charge in [0, 0.05) is 6.54 Å². The van der Waals surface area contributed by atoms with Crippen molar-refractivity contribution >= 4 is 22.2 Å². The molecule has 0 saturated carbocycles. The first-order valence-electron chi connectivity index (χ1n) is 9.02. The number of sulfonamides is 1. The molecule has 3 rings (SSSR count). The average molecular weight is 395 g/mol. The zero-order chi connectivity index (χ0) is 20.0. The fraction of sp³-hybridized carbons (Fsp3) is 0.130. The number of aryl methyl sites for hydroxylation is 1. The van der Waals surface area contributed by atoms with Crippen molar-refractivity contribution < 1.29 is 12.8 Å². The van der Waals surface area contributed by atoms with Gasteiger partial charge >= 0.3 is 0 Å². The van der Waals surface area contributed by atoms with Crippen LogP contribution >= 0.6 is 0 Å². The van der Waals surface area contributed by atoms with E-state index in [1.807, 2.05) is 43.3 Å². The van der Waals surface area contributed by atoms with E-state index in [0.717, 1.165) is 22.3 Å². The van der Waals surface area contributed by atoms with Gasteiger partial charge in [0.05, 0.1) is 4.90 Å². The fourth-order valence-electron chi connectivity index (χ4n) is 2.81. The molecule has 28 heavy (non-hydrogen) atoms. The van der Waals surface area contributed by atoms with Crippen LogP contribution in [0.15, 0.2) is 77.7 Å². The molecule has 5 heteroatoms. The van der Waals surface area contributed by atoms with E-state index < -0.39 is 10.0 Å². The Kier molecular flexibility index (Phi) is 6.39. The molecule has 0 amide bonds. The van der Waals surface area contributed by atoms with Gasteiger partial charge in [-0.1, -0.05) is 66.2 Å². The third kappa shape index (κ3) is 5.38. The number of hydrogen-bond acceptors (Lipinski definition) is 2. The standard InChI is InChI=1S/C23H22FNO2S/c1-18-6-14-23(15-7-18)28(26,27)25-17-16-21-5-3-2-4-20(21)11-8-19-9-12-22(24)13-10-19/h2-15,25H,16-17H2,1H3/b11-8+. The zero-order valence-electron chi connectivity index (χ0n) is 15.6. The summed E-state index contributed by atoms with van der Waals surface area (Å²) < 4.78 is 40.5. The highest BCUT2D eigenvalue weighted by Gasteiger charge is 2.13. The molecule has 0 fully saturated rings. The minimum Gasteiger partial charge on any atom is -0.211 e. The van der Waals surface area contributed by atoms with Crippen LogP contribution in [0.5, 0.6) is 0 Å². The van der Waals surface area contributed by atoms with Gasteiger partial charge in [0.25, 0.3) is 0 Å². The summed E-state index contributed by atoms with van der Waals surface area (Å²) in [5, 5.41) is 0. The molecule has 0 heterocycles. The van der Waals surface area contributed by atoms with E-state index >= 15 is 0 Å². The highest BCUT2D eigenvalue weighted by atomic mass is 32.2. The quantitative estimate of drug-likeness (QED) is 0.583. The third-order valence-corrected chi connectivity index (χ3v) is 5.88. The monoisotopic (exact) mass is 395 g/mol. The summed E-state index contributed by atoms with van der Waals surface area (Å²) in [6.07, 6.45) is 4.43. The van der Waals surface area contributed by atoms with Crippen molar-refractivity contribution in [2.24, 2.45) is 0 Å². The second-order valence-electron chi connectivity index (χ2n) is 6.54. The van der Waals surface area contributed by atoms with Crippen LogP contribution in [0.2, 0.25) is 0 Å². The summed E-state index contributed by atoms with van der Waals surface area (Å²) in [5.41, 5.74) is 3.95. The molecule has 144 valence electrons. The Morgan fingerprint density at radius 1 is 0.893 bits per heavy atom. The molecule has 0 radical (unpaired) electrons. The van der Waals surface area contributed by atoms with Gasteiger partial charge in [-0.2, -0.15) is 0 Å². The first-order valence-corrected chi connectivity index (χ1v) is 10.5. The van der Waals surface area contributed by atoms with Crippen molar-refractivity contribution in [2.45, 2.75) is 18.2 Å². The van der Waals surface area contributed by atoms with Gasteiger partial charge in [-0.05, 0) is 54.3 Å². The Morgan fingerprint density at radius 3 is 2.29 bits per heavy atom. The van der Waals surface area contributed by atoms with Crippen LogP contribution in [0.3, 0.4) is 0 Å². The summed E-state index contributed by atoms with van der Waals surface area (Å²) in [5.74, 6) is -0.265. The van der Waals surface area contributed by atoms with Gasteiger partial charge < -0.3 is 0 Å². The predicted octanol–water partition coefficient (Wildman–Crippen LogP) is 4.83. The Hall–Kier alpha value is -2.76. The van der Waals surface area contributed by atoms with Crippen molar-refractivity contribution in [3.63, 3.8) is 0 Å². The number of nitrogens with one attached hydrogen (secondary N) is 1. The first kappa shape index (κ1) is 20.0. The molecule has 0 aliphatic rings. The highest BCUT2D eigenvalue weighted by Crippen LogP contribution is 2.15. The van der Waals surface area contributed by atoms with Crippen LogP contribution in [-0.2, 0) is 16.4 Å². The van der Waals surface area contributed by atoms with Crippen LogP contribution < -0.4 is 4.72 Å². The lowest BCUT2D eigenvalue weighted by Gasteiger charge is -2.09. The third-order valence-electron chi connectivity index (χ3n) is 4.40. The molecule has 0 aliphatic heterocycles. The number of rotatable bonds is 7. The molecule has 3 aromatic rings. The Labute approximate surface area is 165 Å². The molecule has 3 nitrogen and oxygen atoms in total. The molecular formula is C23H22FNO2S. The second-order valence-corrected chi connectivity index (χ2v) is 8.31. The lowest BCUT2D eigenvalue weighted by atomic mass is 10.0. The SMILES string of the molecule is Cc1ccc(S(=O)(=O)NCCc2ccccc2/C=C/c2ccc(F)cc2)cc1. The minimum absolute atomic E-state index is 0.265. The van der Waals surface area contributed by atoms with E-state index in [0.29, 0.717) is 13.0 Å². The Morgan fingerprint density at radius 2 is 1.57 bits per heavy atom. The molecule has 0 saturated heterocycles. The topological polar surface area (TPSA) is 46.2 Å². The summed E-state index contributed by atoms with van der Waals surface area (Å²) in [6.45, 7) is 2.22. The molecule has 0 aliphatic carbocycles. The molecule has 0 atom stereocenters. The fourth-order valence-corrected chi connectivity index (χ4v) is 3.84. The van der Waals surface area contributed by atoms with Gasteiger partial charge in [0.2, 0.25) is 10.0 Å². The summed E-state index contributed by atoms with van der Waals surface area (Å²) in [4.78, 5) is 0.266. The van der Waals surface area contributed by atoms with Gasteiger partial charge in [-0.3, -0.25) is 0 Å². The maximum atomic E-state index is 13.0. The largest absolute Gasteiger partial charge is 0.240 e. The van der Waals surface area contributed by atoms with E-state index in [4.69, 9.17) is 0 Å². The lowest BCUT2D eigenvalue weighted by Crippen LogP contribution is -2.26. The number of halogens is 1. The van der Waals surface area contributed by atoms with Gasteiger partial charge in [-0.25, -0.2) is 17.5 Å². The predicted molar refractivity (Wildman–Crippen MR) is 112 cm³/mol. The maximum Gasteiger partial charge on any atom is 0.240 e. The number of benzene rings is 3. The van der Waals surface area contributed by atoms with Crippen LogP contribution in [0.4, 0.5) is 4.39 Å². The zero-order valence-corrected chi connectivity index (χ0v) is 16.4. The second kappa shape index (κ2) is 8.95. The Balaban J connectivity index is 1.66. The highest BCUT2D eigenvalue weighted by molar-refractivity contribution is 7.89. The molecule has 0 bridgehead atoms. The smallest absolute Gasteiger partial charge is 0.211 e. The minimum atomic E-state index is -3.52.